The number of rotatable bonds is 31. The number of phenolic OH excluding ortho intramolecular Hbond substituents is 2. The van der Waals surface area contributed by atoms with E-state index in [1.165, 1.54) is 0 Å². The first kappa shape index (κ1) is 58.7. The van der Waals surface area contributed by atoms with E-state index in [9.17, 15) is 23.9 Å². The molecule has 0 unspecified atom stereocenters. The lowest BCUT2D eigenvalue weighted by Crippen LogP contribution is -2.16. The van der Waals surface area contributed by atoms with E-state index in [2.05, 4.69) is 0 Å². The zero-order valence-electron chi connectivity index (χ0n) is 42.8. The van der Waals surface area contributed by atoms with E-state index in [-0.39, 0.29) is 76.4 Å². The normalized spacial score (nSPS) is 13.1. The Kier molecular flexibility index (Phi) is 24.5. The Balaban J connectivity index is 1.75. The summed E-state index contributed by atoms with van der Waals surface area (Å²) in [7, 11) is -11.1. The molecule has 0 radical (unpaired) electrons. The van der Waals surface area contributed by atoms with Crippen molar-refractivity contribution in [1.29, 1.82) is 0 Å². The van der Waals surface area contributed by atoms with E-state index in [4.69, 9.17) is 48.2 Å². The van der Waals surface area contributed by atoms with Gasteiger partial charge in [-0.3, -0.25) is 13.7 Å². The number of fused-ring (bicyclic) bond motifs is 8. The van der Waals surface area contributed by atoms with Crippen LogP contribution in [0.25, 0.3) is 0 Å². The summed E-state index contributed by atoms with van der Waals surface area (Å²) in [5, 5.41) is 25.5. The molecule has 1 aliphatic carbocycles. The van der Waals surface area contributed by atoms with Gasteiger partial charge in [0.2, 0.25) is 0 Å². The van der Waals surface area contributed by atoms with E-state index >= 15 is 0 Å². The molecule has 0 aliphatic heterocycles. The molecule has 0 saturated heterocycles. The fourth-order valence-electron chi connectivity index (χ4n) is 8.16. The van der Waals surface area contributed by atoms with Gasteiger partial charge in [0.05, 0.1) is 69.6 Å². The Morgan fingerprint density at radius 1 is 0.437 bits per heavy atom. The van der Waals surface area contributed by atoms with E-state index in [1.807, 2.05) is 77.9 Å². The first-order valence-corrected chi connectivity index (χ1v) is 31.1. The minimum atomic E-state index is -3.89. The van der Waals surface area contributed by atoms with Gasteiger partial charge in [-0.1, -0.05) is 77.9 Å². The lowest BCUT2D eigenvalue weighted by Gasteiger charge is -2.24. The van der Waals surface area contributed by atoms with Gasteiger partial charge >= 0.3 is 22.8 Å². The number of aromatic hydroxyl groups is 2. The highest BCUT2D eigenvalue weighted by atomic mass is 35.5. The first-order chi connectivity index (χ1) is 34.3. The number of hydrogen-bond donors (Lipinski definition) is 2. The van der Waals surface area contributed by atoms with E-state index < -0.39 is 22.8 Å². The first-order valence-electron chi connectivity index (χ1n) is 25.7. The molecule has 13 nitrogen and oxygen atoms in total. The molecule has 5 rings (SSSR count). The highest BCUT2D eigenvalue weighted by Gasteiger charge is 2.33. The van der Waals surface area contributed by atoms with Gasteiger partial charge in [-0.15, -0.1) is 11.6 Å². The van der Waals surface area contributed by atoms with Crippen molar-refractivity contribution in [3.63, 3.8) is 0 Å². The number of ether oxygens (including phenoxy) is 2. The number of halogens is 1. The molecular formula is C54H78ClO13P3. The number of benzene rings is 4. The molecule has 0 amide bonds. The monoisotopic (exact) mass is 1060 g/mol. The van der Waals surface area contributed by atoms with Crippen LogP contribution in [0, 0.1) is 0 Å². The fourth-order valence-corrected chi connectivity index (χ4v) is 13.9. The van der Waals surface area contributed by atoms with Crippen LogP contribution in [0.3, 0.4) is 0 Å². The number of para-hydroxylation sites is 2. The third kappa shape index (κ3) is 16.7. The number of phenols is 2. The van der Waals surface area contributed by atoms with Gasteiger partial charge in [-0.25, -0.2) is 0 Å². The summed E-state index contributed by atoms with van der Waals surface area (Å²) in [6, 6.07) is 18.4. The highest BCUT2D eigenvalue weighted by Crippen LogP contribution is 2.52. The molecule has 4 aromatic rings. The quantitative estimate of drug-likeness (QED) is 0.0245. The average Bonchev–Trinajstić information content (AvgIpc) is 3.36. The Labute approximate surface area is 428 Å². The Morgan fingerprint density at radius 2 is 0.746 bits per heavy atom. The maximum Gasteiger partial charge on any atom is 0.361 e. The maximum absolute atomic E-state index is 14.9. The Morgan fingerprint density at radius 3 is 1.06 bits per heavy atom. The van der Waals surface area contributed by atoms with Crippen molar-refractivity contribution in [2.24, 2.45) is 0 Å². The van der Waals surface area contributed by atoms with Gasteiger partial charge in [0.15, 0.2) is 0 Å². The van der Waals surface area contributed by atoms with Crippen molar-refractivity contribution < 1.29 is 60.5 Å². The smallest absolute Gasteiger partial charge is 0.361 e. The molecule has 0 saturated carbocycles. The van der Waals surface area contributed by atoms with Crippen LogP contribution in [-0.4, -0.2) is 75.1 Å². The minimum absolute atomic E-state index is 0.0190. The van der Waals surface area contributed by atoms with E-state index in [1.54, 1.807) is 24.3 Å². The van der Waals surface area contributed by atoms with Crippen LogP contribution in [0.5, 0.6) is 23.0 Å². The molecular weight excluding hydrogens is 985 g/mol. The molecule has 4 aromatic carbocycles. The second kappa shape index (κ2) is 29.6. The molecule has 0 spiro atoms. The van der Waals surface area contributed by atoms with E-state index in [0.29, 0.717) is 139 Å². The summed E-state index contributed by atoms with van der Waals surface area (Å²) >= 11 is 6.09. The Bertz CT molecular complexity index is 2280. The third-order valence-corrected chi connectivity index (χ3v) is 17.9. The predicted molar refractivity (Wildman–Crippen MR) is 285 cm³/mol. The topological polar surface area (TPSA) is 166 Å². The van der Waals surface area contributed by atoms with Crippen LogP contribution in [0.4, 0.5) is 0 Å². The number of unbranched alkanes of at least 4 members (excludes halogenated alkanes) is 2. The summed E-state index contributed by atoms with van der Waals surface area (Å²) in [4.78, 5) is 0. The van der Waals surface area contributed by atoms with Crippen LogP contribution in [0.2, 0.25) is 0 Å². The molecule has 1 aliphatic rings. The van der Waals surface area contributed by atoms with Crippen molar-refractivity contribution in [2.45, 2.75) is 131 Å². The molecule has 17 heteroatoms. The van der Waals surface area contributed by atoms with Gasteiger partial charge in [0.1, 0.15) is 23.0 Å². The fraction of sp³-hybridized carbons (Fsp3) is 0.556. The predicted octanol–water partition coefficient (Wildman–Crippen LogP) is 13.7. The molecule has 0 fully saturated rings. The van der Waals surface area contributed by atoms with Crippen molar-refractivity contribution >= 4 is 45.0 Å². The van der Waals surface area contributed by atoms with Gasteiger partial charge in [0.25, 0.3) is 0 Å². The van der Waals surface area contributed by atoms with Crippen LogP contribution < -0.4 is 20.1 Å². The Hall–Kier alpha value is -3.18. The average molecular weight is 1060 g/mol. The second-order valence-corrected chi connectivity index (χ2v) is 24.5. The van der Waals surface area contributed by atoms with Crippen molar-refractivity contribution in [1.82, 2.24) is 0 Å². The molecule has 8 bridgehead atoms. The van der Waals surface area contributed by atoms with Crippen LogP contribution in [-0.2, 0) is 66.5 Å². The molecule has 2 N–H and O–H groups in total. The summed E-state index contributed by atoms with van der Waals surface area (Å²) < 4.78 is 92.6. The second-order valence-electron chi connectivity index (χ2n) is 17.9. The van der Waals surface area contributed by atoms with Crippen LogP contribution in [0.1, 0.15) is 150 Å². The van der Waals surface area contributed by atoms with Gasteiger partial charge in [-0.2, -0.15) is 0 Å². The lowest BCUT2D eigenvalue weighted by atomic mass is 9.91. The lowest BCUT2D eigenvalue weighted by molar-refractivity contribution is 0.203. The zero-order chi connectivity index (χ0) is 51.3. The molecule has 0 atom stereocenters. The molecule has 71 heavy (non-hydrogen) atoms. The van der Waals surface area contributed by atoms with Gasteiger partial charge < -0.3 is 46.8 Å². The molecule has 0 aromatic heterocycles. The molecule has 394 valence electrons. The SMILES string of the molecule is CCCOP(=O)(CCCCOc1c2cccc1Cc1cc(P(=O)(OCCC)OCCC)cc(c1O)Cc1cccc(c1OCCCCCl)Cc1cc(P(=O)(OCCC)OCCC)cc(c1O)C2)OCCC. The maximum atomic E-state index is 14.9. The largest absolute Gasteiger partial charge is 0.507 e. The zero-order valence-corrected chi connectivity index (χ0v) is 46.3. The minimum Gasteiger partial charge on any atom is -0.507 e. The summed E-state index contributed by atoms with van der Waals surface area (Å²) in [5.41, 5.74) is 4.83. The van der Waals surface area contributed by atoms with Gasteiger partial charge in [0, 0.05) is 31.6 Å². The van der Waals surface area contributed by atoms with E-state index in [0.717, 1.165) is 17.5 Å². The summed E-state index contributed by atoms with van der Waals surface area (Å²) in [6.45, 7) is 13.8. The van der Waals surface area contributed by atoms with Crippen molar-refractivity contribution in [3.05, 3.63) is 105 Å². The van der Waals surface area contributed by atoms with Crippen LogP contribution in [0.15, 0.2) is 60.7 Å². The van der Waals surface area contributed by atoms with Crippen molar-refractivity contribution in [3.8, 4) is 23.0 Å². The van der Waals surface area contributed by atoms with Crippen LogP contribution >= 0.6 is 34.4 Å². The highest BCUT2D eigenvalue weighted by molar-refractivity contribution is 7.62. The summed E-state index contributed by atoms with van der Waals surface area (Å²) in [6.07, 6.45) is 7.22. The van der Waals surface area contributed by atoms with Crippen molar-refractivity contribution in [2.75, 3.05) is 64.9 Å². The molecule has 0 heterocycles. The standard InChI is InChI=1S/C54H78ClO13P3/c1-7-24-63-69(58,64-25-8-2)32-16-15-31-62-54-43-21-18-22-44(54)36-48-40-50(71(60,67-28-11-5)68-29-12-6)38-46(52(48)57)34-42-20-17-19-41(53(42)61-30-14-13-23-55)33-45-37-49(39-47(35-43)51(45)56)70(59,65-26-9-3)66-27-10-4/h17-22,37-40,56-57H,7-16,23-36H2,1-6H3. The third-order valence-electron chi connectivity index (χ3n) is 11.7. The number of hydrogen-bond acceptors (Lipinski definition) is 13. The number of alkyl halides is 1. The summed E-state index contributed by atoms with van der Waals surface area (Å²) in [5.74, 6) is 1.60. The van der Waals surface area contributed by atoms with Gasteiger partial charge in [-0.05, 0) is 133 Å².